The molecule has 2 nitrogen and oxygen atoms in total. The molecule has 1 aliphatic carbocycles. The van der Waals surface area contributed by atoms with Gasteiger partial charge < -0.3 is 4.74 Å². The van der Waals surface area contributed by atoms with Crippen LogP contribution in [-0.2, 0) is 10.3 Å². The Balaban J connectivity index is 1.60. The molecule has 2 atom stereocenters. The second-order valence-electron chi connectivity index (χ2n) is 8.51. The minimum Gasteiger partial charge on any atom is -0.356 e. The van der Waals surface area contributed by atoms with Gasteiger partial charge in [-0.2, -0.15) is 0 Å². The maximum atomic E-state index is 6.48. The molecule has 2 heteroatoms. The fourth-order valence-electron chi connectivity index (χ4n) is 5.68. The molecule has 6 rings (SSSR count). The lowest BCUT2D eigenvalue weighted by molar-refractivity contribution is 0.0667. The van der Waals surface area contributed by atoms with Gasteiger partial charge >= 0.3 is 0 Å². The smallest absolute Gasteiger partial charge is 0.101 e. The first-order valence-corrected chi connectivity index (χ1v) is 11.0. The van der Waals surface area contributed by atoms with E-state index in [0.29, 0.717) is 6.73 Å². The lowest BCUT2D eigenvalue weighted by Gasteiger charge is -2.43. The highest BCUT2D eigenvalue weighted by molar-refractivity contribution is 5.83. The summed E-state index contributed by atoms with van der Waals surface area (Å²) in [5.74, 6) is 0. The van der Waals surface area contributed by atoms with Crippen LogP contribution in [0.5, 0.6) is 0 Å². The van der Waals surface area contributed by atoms with Crippen molar-refractivity contribution in [3.8, 4) is 11.1 Å². The molecule has 0 radical (unpaired) electrons. The Kier molecular flexibility index (Phi) is 4.31. The summed E-state index contributed by atoms with van der Waals surface area (Å²) in [6.45, 7) is 2.89. The molecule has 0 N–H and O–H groups in total. The van der Waals surface area contributed by atoms with Crippen LogP contribution in [0.25, 0.3) is 11.1 Å². The van der Waals surface area contributed by atoms with Gasteiger partial charge in [0.15, 0.2) is 0 Å². The van der Waals surface area contributed by atoms with Crippen LogP contribution in [0.15, 0.2) is 109 Å². The lowest BCUT2D eigenvalue weighted by Crippen LogP contribution is -2.49. The highest BCUT2D eigenvalue weighted by Gasteiger charge is 2.53. The topological polar surface area (TPSA) is 12.5 Å². The van der Waals surface area contributed by atoms with Gasteiger partial charge in [0, 0.05) is 6.04 Å². The Morgan fingerprint density at radius 1 is 0.677 bits per heavy atom. The molecular formula is C29H25NO. The molecular weight excluding hydrogens is 378 g/mol. The quantitative estimate of drug-likeness (QED) is 0.394. The highest BCUT2D eigenvalue weighted by Crippen LogP contribution is 2.56. The zero-order chi connectivity index (χ0) is 20.8. The molecule has 31 heavy (non-hydrogen) atoms. The van der Waals surface area contributed by atoms with Crippen molar-refractivity contribution in [2.45, 2.75) is 24.6 Å². The van der Waals surface area contributed by atoms with Gasteiger partial charge in [0.05, 0.1) is 6.10 Å². The van der Waals surface area contributed by atoms with E-state index in [9.17, 15) is 0 Å². The van der Waals surface area contributed by atoms with Crippen LogP contribution in [0.3, 0.4) is 0 Å². The Morgan fingerprint density at radius 3 is 1.81 bits per heavy atom. The maximum Gasteiger partial charge on any atom is 0.101 e. The maximum absolute atomic E-state index is 6.48. The van der Waals surface area contributed by atoms with Crippen molar-refractivity contribution < 1.29 is 4.74 Å². The van der Waals surface area contributed by atoms with E-state index in [4.69, 9.17) is 4.74 Å². The summed E-state index contributed by atoms with van der Waals surface area (Å²) in [6, 6.07) is 39.5. The van der Waals surface area contributed by atoms with Crippen molar-refractivity contribution in [3.05, 3.63) is 131 Å². The summed E-state index contributed by atoms with van der Waals surface area (Å²) >= 11 is 0. The highest BCUT2D eigenvalue weighted by atomic mass is 16.5. The average molecular weight is 404 g/mol. The third-order valence-electron chi connectivity index (χ3n) is 7.00. The Morgan fingerprint density at radius 2 is 1.19 bits per heavy atom. The van der Waals surface area contributed by atoms with Crippen LogP contribution in [0.2, 0.25) is 0 Å². The van der Waals surface area contributed by atoms with Crippen LogP contribution in [-0.4, -0.2) is 17.7 Å². The fourth-order valence-corrected chi connectivity index (χ4v) is 5.68. The Labute approximate surface area is 183 Å². The number of nitrogens with zero attached hydrogens (tertiary/aromatic N) is 1. The molecule has 0 bridgehead atoms. The van der Waals surface area contributed by atoms with Gasteiger partial charge in [0.25, 0.3) is 0 Å². The minimum absolute atomic E-state index is 0.0433. The second kappa shape index (κ2) is 7.19. The van der Waals surface area contributed by atoms with Crippen molar-refractivity contribution in [1.82, 2.24) is 4.90 Å². The van der Waals surface area contributed by atoms with Crippen molar-refractivity contribution in [1.29, 1.82) is 0 Å². The van der Waals surface area contributed by atoms with Crippen LogP contribution >= 0.6 is 0 Å². The minimum atomic E-state index is -0.378. The van der Waals surface area contributed by atoms with Gasteiger partial charge in [0.2, 0.25) is 0 Å². The van der Waals surface area contributed by atoms with Gasteiger partial charge in [0.1, 0.15) is 12.3 Å². The van der Waals surface area contributed by atoms with Gasteiger partial charge in [-0.1, -0.05) is 109 Å². The first-order valence-electron chi connectivity index (χ1n) is 11.0. The molecule has 0 amide bonds. The van der Waals surface area contributed by atoms with Gasteiger partial charge in [-0.25, -0.2) is 0 Å². The summed E-state index contributed by atoms with van der Waals surface area (Å²) in [6.07, 6.45) is 0.0433. The standard InChI is InChI=1S/C29H25NO/c1-21-28(22-12-4-2-5-13-22)31-20-30(21)29(23-14-6-3-7-15-23)26-18-10-8-16-24(26)25-17-9-11-19-27(25)29/h2-19,21,28H,20H2,1H3/t21-,28+/m0/s1. The van der Waals surface area contributed by atoms with Gasteiger partial charge in [-0.3, -0.25) is 4.90 Å². The van der Waals surface area contributed by atoms with E-state index >= 15 is 0 Å². The van der Waals surface area contributed by atoms with Crippen LogP contribution in [0.1, 0.15) is 35.3 Å². The van der Waals surface area contributed by atoms with Crippen molar-refractivity contribution in [3.63, 3.8) is 0 Å². The molecule has 4 aromatic rings. The molecule has 1 aliphatic heterocycles. The largest absolute Gasteiger partial charge is 0.356 e. The summed E-state index contributed by atoms with van der Waals surface area (Å²) < 4.78 is 6.48. The molecule has 152 valence electrons. The monoisotopic (exact) mass is 403 g/mol. The van der Waals surface area contributed by atoms with Crippen LogP contribution in [0.4, 0.5) is 0 Å². The molecule has 0 spiro atoms. The van der Waals surface area contributed by atoms with E-state index < -0.39 is 0 Å². The second-order valence-corrected chi connectivity index (χ2v) is 8.51. The third-order valence-corrected chi connectivity index (χ3v) is 7.00. The van der Waals surface area contributed by atoms with E-state index in [-0.39, 0.29) is 17.7 Å². The molecule has 1 heterocycles. The average Bonchev–Trinajstić information content (AvgIpc) is 3.36. The molecule has 0 saturated carbocycles. The first kappa shape index (κ1) is 18.6. The normalized spacial score (nSPS) is 21.6. The van der Waals surface area contributed by atoms with E-state index in [1.165, 1.54) is 33.4 Å². The summed E-state index contributed by atoms with van der Waals surface area (Å²) in [4.78, 5) is 2.56. The Bertz CT molecular complexity index is 1170. The molecule has 0 unspecified atom stereocenters. The predicted octanol–water partition coefficient (Wildman–Crippen LogP) is 6.38. The SMILES string of the molecule is C[C@H]1[C@H](c2ccccc2)OCN1C1(c2ccccc2)c2ccccc2-c2ccccc21. The number of hydrogen-bond donors (Lipinski definition) is 0. The number of rotatable bonds is 3. The van der Waals surface area contributed by atoms with Crippen molar-refractivity contribution >= 4 is 0 Å². The predicted molar refractivity (Wildman–Crippen MR) is 125 cm³/mol. The third kappa shape index (κ3) is 2.59. The van der Waals surface area contributed by atoms with E-state index in [1.54, 1.807) is 0 Å². The van der Waals surface area contributed by atoms with E-state index in [2.05, 4.69) is 121 Å². The Hall–Kier alpha value is -3.20. The molecule has 2 aliphatic rings. The molecule has 0 aromatic heterocycles. The number of fused-ring (bicyclic) bond motifs is 3. The number of ether oxygens (including phenoxy) is 1. The zero-order valence-electron chi connectivity index (χ0n) is 17.6. The first-order chi connectivity index (χ1) is 15.3. The van der Waals surface area contributed by atoms with E-state index in [1.807, 2.05) is 0 Å². The number of benzene rings is 4. The van der Waals surface area contributed by atoms with Gasteiger partial charge in [-0.15, -0.1) is 0 Å². The van der Waals surface area contributed by atoms with Crippen LogP contribution in [0, 0.1) is 0 Å². The molecule has 1 fully saturated rings. The zero-order valence-corrected chi connectivity index (χ0v) is 17.6. The molecule has 1 saturated heterocycles. The lowest BCUT2D eigenvalue weighted by atomic mass is 9.78. The van der Waals surface area contributed by atoms with Gasteiger partial charge in [-0.05, 0) is 40.3 Å². The summed E-state index contributed by atoms with van der Waals surface area (Å²) in [7, 11) is 0. The van der Waals surface area contributed by atoms with Crippen LogP contribution < -0.4 is 0 Å². The van der Waals surface area contributed by atoms with Crippen molar-refractivity contribution in [2.24, 2.45) is 0 Å². The van der Waals surface area contributed by atoms with E-state index in [0.717, 1.165) is 0 Å². The summed E-state index contributed by atoms with van der Waals surface area (Å²) in [5, 5.41) is 0. The number of hydrogen-bond acceptors (Lipinski definition) is 2. The molecule has 4 aromatic carbocycles. The summed E-state index contributed by atoms with van der Waals surface area (Å²) in [5.41, 5.74) is 7.46. The fraction of sp³-hybridized carbons (Fsp3) is 0.172. The van der Waals surface area contributed by atoms with Crippen molar-refractivity contribution in [2.75, 3.05) is 6.73 Å².